The number of nitrogens with one attached hydrogen (secondary N) is 1. The van der Waals surface area contributed by atoms with Crippen molar-refractivity contribution in [2.24, 2.45) is 17.9 Å². The largest absolute Gasteiger partial charge is 0.409 e. The molecule has 0 unspecified atom stereocenters. The van der Waals surface area contributed by atoms with Crippen LogP contribution in [0.5, 0.6) is 0 Å². The second-order valence-electron chi connectivity index (χ2n) is 4.15. The zero-order chi connectivity index (χ0) is 13.8. The Labute approximate surface area is 110 Å². The Balaban J connectivity index is 2.18. The van der Waals surface area contributed by atoms with Crippen molar-refractivity contribution in [1.82, 2.24) is 14.8 Å². The molecule has 0 aliphatic carbocycles. The summed E-state index contributed by atoms with van der Waals surface area (Å²) < 4.78 is 1.74. The van der Waals surface area contributed by atoms with Gasteiger partial charge in [0.2, 0.25) is 0 Å². The number of hydrogen-bond acceptors (Lipinski definition) is 5. The van der Waals surface area contributed by atoms with E-state index < -0.39 is 0 Å². The molecule has 2 aromatic rings. The van der Waals surface area contributed by atoms with Gasteiger partial charge in [-0.05, 0) is 13.0 Å². The van der Waals surface area contributed by atoms with Crippen LogP contribution >= 0.6 is 0 Å². The standard InChI is InChI=1S/C12H16N6O/c1-8-10(7-18(2)16-8)15-6-9-4-3-5-14-11(9)12(13)17-19/h3-5,7,15,19H,6H2,1-2H3,(H2,13,17). The molecule has 2 aromatic heterocycles. The first kappa shape index (κ1) is 12.9. The summed E-state index contributed by atoms with van der Waals surface area (Å²) >= 11 is 0. The molecule has 0 spiro atoms. The quantitative estimate of drug-likeness (QED) is 0.327. The van der Waals surface area contributed by atoms with Crippen LogP contribution in [0.3, 0.4) is 0 Å². The fraction of sp³-hybridized carbons (Fsp3) is 0.250. The van der Waals surface area contributed by atoms with Crippen LogP contribution in [0, 0.1) is 6.92 Å². The SMILES string of the molecule is Cc1nn(C)cc1NCc1cccnc1/C(N)=N/O. The van der Waals surface area contributed by atoms with Crippen molar-refractivity contribution in [2.45, 2.75) is 13.5 Å². The number of aromatic nitrogens is 3. The first-order chi connectivity index (χ1) is 9.11. The fourth-order valence-corrected chi connectivity index (χ4v) is 1.82. The highest BCUT2D eigenvalue weighted by Crippen LogP contribution is 2.14. The van der Waals surface area contributed by atoms with Crippen LogP contribution in [-0.4, -0.2) is 25.8 Å². The van der Waals surface area contributed by atoms with E-state index >= 15 is 0 Å². The van der Waals surface area contributed by atoms with Gasteiger partial charge in [-0.15, -0.1) is 0 Å². The Morgan fingerprint density at radius 2 is 2.37 bits per heavy atom. The predicted molar refractivity (Wildman–Crippen MR) is 72.0 cm³/mol. The van der Waals surface area contributed by atoms with Gasteiger partial charge in [-0.25, -0.2) is 0 Å². The van der Waals surface area contributed by atoms with Gasteiger partial charge >= 0.3 is 0 Å². The zero-order valence-corrected chi connectivity index (χ0v) is 10.8. The number of oxime groups is 1. The molecule has 0 atom stereocenters. The van der Waals surface area contributed by atoms with Crippen LogP contribution in [-0.2, 0) is 13.6 Å². The molecule has 7 nitrogen and oxygen atoms in total. The highest BCUT2D eigenvalue weighted by molar-refractivity contribution is 5.96. The van der Waals surface area contributed by atoms with Crippen molar-refractivity contribution in [3.8, 4) is 0 Å². The highest BCUT2D eigenvalue weighted by atomic mass is 16.4. The molecular formula is C12H16N6O. The Kier molecular flexibility index (Phi) is 3.65. The van der Waals surface area contributed by atoms with E-state index in [0.717, 1.165) is 16.9 Å². The third-order valence-corrected chi connectivity index (χ3v) is 2.72. The third kappa shape index (κ3) is 2.82. The number of amidine groups is 1. The summed E-state index contributed by atoms with van der Waals surface area (Å²) in [6.07, 6.45) is 3.50. The van der Waals surface area contributed by atoms with Gasteiger partial charge in [0.15, 0.2) is 5.84 Å². The van der Waals surface area contributed by atoms with Crippen LogP contribution in [0.1, 0.15) is 17.0 Å². The van der Waals surface area contributed by atoms with Gasteiger partial charge in [-0.1, -0.05) is 11.2 Å². The summed E-state index contributed by atoms with van der Waals surface area (Å²) in [5, 5.41) is 19.2. The molecule has 2 rings (SSSR count). The van der Waals surface area contributed by atoms with E-state index in [1.165, 1.54) is 0 Å². The maximum Gasteiger partial charge on any atom is 0.189 e. The molecule has 0 aliphatic rings. The first-order valence-electron chi connectivity index (χ1n) is 5.77. The summed E-state index contributed by atoms with van der Waals surface area (Å²) in [6.45, 7) is 2.45. The molecule has 19 heavy (non-hydrogen) atoms. The molecule has 0 fully saturated rings. The molecule has 2 heterocycles. The molecule has 0 amide bonds. The van der Waals surface area contributed by atoms with Gasteiger partial charge in [-0.2, -0.15) is 5.10 Å². The minimum absolute atomic E-state index is 0.000286. The molecule has 0 bridgehead atoms. The van der Waals surface area contributed by atoms with Crippen molar-refractivity contribution in [3.63, 3.8) is 0 Å². The number of rotatable bonds is 4. The third-order valence-electron chi connectivity index (χ3n) is 2.72. The maximum absolute atomic E-state index is 8.73. The lowest BCUT2D eigenvalue weighted by Crippen LogP contribution is -2.18. The van der Waals surface area contributed by atoms with Gasteiger partial charge in [0.05, 0.1) is 11.4 Å². The molecule has 0 saturated carbocycles. The molecule has 100 valence electrons. The molecule has 0 saturated heterocycles. The first-order valence-corrected chi connectivity index (χ1v) is 5.77. The maximum atomic E-state index is 8.73. The van der Waals surface area contributed by atoms with Crippen LogP contribution < -0.4 is 11.1 Å². The second kappa shape index (κ2) is 5.38. The van der Waals surface area contributed by atoms with E-state index in [1.807, 2.05) is 26.2 Å². The Morgan fingerprint density at radius 3 is 3.00 bits per heavy atom. The van der Waals surface area contributed by atoms with Crippen LogP contribution in [0.4, 0.5) is 5.69 Å². The van der Waals surface area contributed by atoms with Crippen LogP contribution in [0.2, 0.25) is 0 Å². The average molecular weight is 260 g/mol. The Bertz CT molecular complexity index is 604. The monoisotopic (exact) mass is 260 g/mol. The zero-order valence-electron chi connectivity index (χ0n) is 10.8. The van der Waals surface area contributed by atoms with Gasteiger partial charge < -0.3 is 16.3 Å². The van der Waals surface area contributed by atoms with Crippen molar-refractivity contribution in [2.75, 3.05) is 5.32 Å². The van der Waals surface area contributed by atoms with E-state index in [4.69, 9.17) is 10.9 Å². The van der Waals surface area contributed by atoms with Crippen molar-refractivity contribution in [3.05, 3.63) is 41.5 Å². The average Bonchev–Trinajstić information content (AvgIpc) is 2.74. The minimum Gasteiger partial charge on any atom is -0.409 e. The molecular weight excluding hydrogens is 244 g/mol. The number of nitrogens with zero attached hydrogens (tertiary/aromatic N) is 4. The van der Waals surface area contributed by atoms with E-state index in [9.17, 15) is 0 Å². The van der Waals surface area contributed by atoms with Gasteiger partial charge in [0.25, 0.3) is 0 Å². The van der Waals surface area contributed by atoms with Gasteiger partial charge in [0, 0.05) is 31.5 Å². The van der Waals surface area contributed by atoms with Crippen molar-refractivity contribution >= 4 is 11.5 Å². The van der Waals surface area contributed by atoms with Crippen LogP contribution in [0.25, 0.3) is 0 Å². The number of anilines is 1. The van der Waals surface area contributed by atoms with Crippen molar-refractivity contribution < 1.29 is 5.21 Å². The normalized spacial score (nSPS) is 11.6. The summed E-state index contributed by atoms with van der Waals surface area (Å²) in [5.74, 6) is 0.000286. The van der Waals surface area contributed by atoms with Crippen LogP contribution in [0.15, 0.2) is 29.7 Å². The lowest BCUT2D eigenvalue weighted by Gasteiger charge is -2.08. The number of nitrogens with two attached hydrogens (primary N) is 1. The Morgan fingerprint density at radius 1 is 1.58 bits per heavy atom. The summed E-state index contributed by atoms with van der Waals surface area (Å²) in [5.41, 5.74) is 8.77. The summed E-state index contributed by atoms with van der Waals surface area (Å²) in [4.78, 5) is 4.11. The lowest BCUT2D eigenvalue weighted by molar-refractivity contribution is 0.318. The summed E-state index contributed by atoms with van der Waals surface area (Å²) in [6, 6.07) is 3.68. The van der Waals surface area contributed by atoms with Gasteiger partial charge in [0.1, 0.15) is 5.69 Å². The lowest BCUT2D eigenvalue weighted by atomic mass is 10.1. The molecule has 7 heteroatoms. The van der Waals surface area contributed by atoms with E-state index in [0.29, 0.717) is 12.2 Å². The molecule has 4 N–H and O–H groups in total. The molecule has 0 aliphatic heterocycles. The molecule has 0 radical (unpaired) electrons. The fourth-order valence-electron chi connectivity index (χ4n) is 1.82. The summed E-state index contributed by atoms with van der Waals surface area (Å²) in [7, 11) is 1.87. The Hall–Kier alpha value is -2.57. The second-order valence-corrected chi connectivity index (χ2v) is 4.15. The van der Waals surface area contributed by atoms with E-state index in [1.54, 1.807) is 16.9 Å². The minimum atomic E-state index is 0.000286. The van der Waals surface area contributed by atoms with E-state index in [2.05, 4.69) is 20.6 Å². The topological polar surface area (TPSA) is 101 Å². The number of pyridine rings is 1. The van der Waals surface area contributed by atoms with E-state index in [-0.39, 0.29) is 5.84 Å². The number of aryl methyl sites for hydroxylation is 2. The van der Waals surface area contributed by atoms with Gasteiger partial charge in [-0.3, -0.25) is 9.67 Å². The smallest absolute Gasteiger partial charge is 0.189 e. The predicted octanol–water partition coefficient (Wildman–Crippen LogP) is 0.830. The van der Waals surface area contributed by atoms with Crippen molar-refractivity contribution in [1.29, 1.82) is 0 Å². The number of hydrogen-bond donors (Lipinski definition) is 3. The molecule has 0 aromatic carbocycles. The highest BCUT2D eigenvalue weighted by Gasteiger charge is 2.09.